The SMILES string of the molecule is CCCCCCCCNC(=O)c1ccccc1C(N)=O. The molecular weight excluding hydrogens is 252 g/mol. The molecule has 0 bridgehead atoms. The average molecular weight is 276 g/mol. The smallest absolute Gasteiger partial charge is 0.252 e. The molecule has 0 atom stereocenters. The summed E-state index contributed by atoms with van der Waals surface area (Å²) in [5.41, 5.74) is 5.88. The number of amides is 2. The Labute approximate surface area is 120 Å². The average Bonchev–Trinajstić information content (AvgIpc) is 2.46. The number of benzene rings is 1. The lowest BCUT2D eigenvalue weighted by molar-refractivity contribution is 0.0935. The van der Waals surface area contributed by atoms with Crippen LogP contribution in [0.25, 0.3) is 0 Å². The van der Waals surface area contributed by atoms with Crippen LogP contribution in [0.1, 0.15) is 66.2 Å². The number of carbonyl (C=O) groups excluding carboxylic acids is 2. The van der Waals surface area contributed by atoms with E-state index in [1.54, 1.807) is 24.3 Å². The first-order chi connectivity index (χ1) is 9.66. The first kappa shape index (κ1) is 16.2. The first-order valence-corrected chi connectivity index (χ1v) is 7.33. The van der Waals surface area contributed by atoms with Crippen LogP contribution in [0, 0.1) is 0 Å². The monoisotopic (exact) mass is 276 g/mol. The van der Waals surface area contributed by atoms with E-state index in [0.717, 1.165) is 12.8 Å². The summed E-state index contributed by atoms with van der Waals surface area (Å²) in [6.07, 6.45) is 7.07. The second kappa shape index (κ2) is 9.13. The zero-order valence-corrected chi connectivity index (χ0v) is 12.2. The van der Waals surface area contributed by atoms with Crippen LogP contribution < -0.4 is 11.1 Å². The lowest BCUT2D eigenvalue weighted by Crippen LogP contribution is -2.27. The number of rotatable bonds is 9. The second-order valence-electron chi connectivity index (χ2n) is 4.93. The molecule has 20 heavy (non-hydrogen) atoms. The number of nitrogens with one attached hydrogen (secondary N) is 1. The first-order valence-electron chi connectivity index (χ1n) is 7.33. The zero-order valence-electron chi connectivity index (χ0n) is 12.2. The van der Waals surface area contributed by atoms with Gasteiger partial charge in [0, 0.05) is 6.54 Å². The number of carbonyl (C=O) groups is 2. The molecule has 0 aromatic heterocycles. The Bertz CT molecular complexity index is 444. The van der Waals surface area contributed by atoms with Crippen LogP contribution in [0.5, 0.6) is 0 Å². The molecule has 0 heterocycles. The van der Waals surface area contributed by atoms with Crippen LogP contribution in [0.4, 0.5) is 0 Å². The highest BCUT2D eigenvalue weighted by Gasteiger charge is 2.13. The Morgan fingerprint density at radius 3 is 2.25 bits per heavy atom. The van der Waals surface area contributed by atoms with E-state index in [2.05, 4.69) is 12.2 Å². The Hall–Kier alpha value is -1.84. The molecule has 2 amide bonds. The fourth-order valence-electron chi connectivity index (χ4n) is 2.10. The predicted molar refractivity (Wildman–Crippen MR) is 80.7 cm³/mol. The third kappa shape index (κ3) is 5.43. The lowest BCUT2D eigenvalue weighted by Gasteiger charge is -2.08. The molecule has 0 spiro atoms. The van der Waals surface area contributed by atoms with E-state index in [9.17, 15) is 9.59 Å². The Kier molecular flexibility index (Phi) is 7.40. The number of unbranched alkanes of at least 4 members (excludes halogenated alkanes) is 5. The van der Waals surface area contributed by atoms with Crippen molar-refractivity contribution in [2.24, 2.45) is 5.73 Å². The van der Waals surface area contributed by atoms with Crippen molar-refractivity contribution in [1.29, 1.82) is 0 Å². The summed E-state index contributed by atoms with van der Waals surface area (Å²) in [6.45, 7) is 2.83. The van der Waals surface area contributed by atoms with Crippen molar-refractivity contribution >= 4 is 11.8 Å². The van der Waals surface area contributed by atoms with E-state index in [-0.39, 0.29) is 11.5 Å². The Balaban J connectivity index is 2.35. The van der Waals surface area contributed by atoms with Gasteiger partial charge in [0.05, 0.1) is 11.1 Å². The summed E-state index contributed by atoms with van der Waals surface area (Å²) in [4.78, 5) is 23.2. The lowest BCUT2D eigenvalue weighted by atomic mass is 10.1. The van der Waals surface area contributed by atoms with Gasteiger partial charge in [0.25, 0.3) is 5.91 Å². The molecule has 0 saturated carbocycles. The highest BCUT2D eigenvalue weighted by Crippen LogP contribution is 2.08. The molecule has 1 aromatic carbocycles. The van der Waals surface area contributed by atoms with Crippen molar-refractivity contribution in [3.8, 4) is 0 Å². The quantitative estimate of drug-likeness (QED) is 0.681. The maximum absolute atomic E-state index is 12.0. The molecule has 1 rings (SSSR count). The van der Waals surface area contributed by atoms with Crippen LogP contribution in [0.2, 0.25) is 0 Å². The van der Waals surface area contributed by atoms with Gasteiger partial charge in [-0.15, -0.1) is 0 Å². The van der Waals surface area contributed by atoms with Crippen LogP contribution in [0.15, 0.2) is 24.3 Å². The summed E-state index contributed by atoms with van der Waals surface area (Å²) in [7, 11) is 0. The van der Waals surface area contributed by atoms with Crippen molar-refractivity contribution in [2.45, 2.75) is 45.4 Å². The number of primary amides is 1. The zero-order chi connectivity index (χ0) is 14.8. The molecule has 0 unspecified atom stereocenters. The van der Waals surface area contributed by atoms with E-state index in [1.165, 1.54) is 25.7 Å². The van der Waals surface area contributed by atoms with Gasteiger partial charge in [0.2, 0.25) is 5.91 Å². The fraction of sp³-hybridized carbons (Fsp3) is 0.500. The van der Waals surface area contributed by atoms with Crippen LogP contribution in [0.3, 0.4) is 0 Å². The van der Waals surface area contributed by atoms with Gasteiger partial charge in [-0.1, -0.05) is 51.2 Å². The normalized spacial score (nSPS) is 10.2. The van der Waals surface area contributed by atoms with Gasteiger partial charge in [-0.25, -0.2) is 0 Å². The van der Waals surface area contributed by atoms with Gasteiger partial charge >= 0.3 is 0 Å². The van der Waals surface area contributed by atoms with Crippen molar-refractivity contribution in [3.05, 3.63) is 35.4 Å². The molecule has 3 N–H and O–H groups in total. The summed E-state index contributed by atoms with van der Waals surface area (Å²) < 4.78 is 0. The molecule has 0 aliphatic heterocycles. The minimum atomic E-state index is -0.574. The molecule has 0 saturated heterocycles. The molecule has 1 aromatic rings. The predicted octanol–water partition coefficient (Wildman–Crippen LogP) is 2.88. The van der Waals surface area contributed by atoms with Crippen LogP contribution in [-0.2, 0) is 0 Å². The summed E-state index contributed by atoms with van der Waals surface area (Å²) in [5, 5.41) is 2.84. The van der Waals surface area contributed by atoms with E-state index in [1.807, 2.05) is 0 Å². The topological polar surface area (TPSA) is 72.2 Å². The highest BCUT2D eigenvalue weighted by atomic mass is 16.2. The number of hydrogen-bond donors (Lipinski definition) is 2. The van der Waals surface area contributed by atoms with Crippen molar-refractivity contribution in [1.82, 2.24) is 5.32 Å². The number of nitrogens with two attached hydrogens (primary N) is 1. The van der Waals surface area contributed by atoms with Gasteiger partial charge in [-0.2, -0.15) is 0 Å². The molecule has 4 heteroatoms. The van der Waals surface area contributed by atoms with Crippen molar-refractivity contribution in [3.63, 3.8) is 0 Å². The minimum absolute atomic E-state index is 0.229. The van der Waals surface area contributed by atoms with E-state index < -0.39 is 5.91 Å². The molecule has 110 valence electrons. The molecule has 0 radical (unpaired) electrons. The third-order valence-electron chi connectivity index (χ3n) is 3.25. The highest BCUT2D eigenvalue weighted by molar-refractivity contribution is 6.06. The largest absolute Gasteiger partial charge is 0.366 e. The van der Waals surface area contributed by atoms with Gasteiger partial charge < -0.3 is 11.1 Å². The number of hydrogen-bond acceptors (Lipinski definition) is 2. The summed E-state index contributed by atoms with van der Waals surface area (Å²) in [5.74, 6) is -0.803. The molecule has 0 fully saturated rings. The van der Waals surface area contributed by atoms with Gasteiger partial charge in [0.15, 0.2) is 0 Å². The van der Waals surface area contributed by atoms with Crippen LogP contribution >= 0.6 is 0 Å². The molecule has 4 nitrogen and oxygen atoms in total. The van der Waals surface area contributed by atoms with Crippen molar-refractivity contribution in [2.75, 3.05) is 6.54 Å². The van der Waals surface area contributed by atoms with Crippen molar-refractivity contribution < 1.29 is 9.59 Å². The van der Waals surface area contributed by atoms with E-state index in [0.29, 0.717) is 12.1 Å². The summed E-state index contributed by atoms with van der Waals surface area (Å²) >= 11 is 0. The second-order valence-corrected chi connectivity index (χ2v) is 4.93. The Morgan fingerprint density at radius 2 is 1.60 bits per heavy atom. The fourth-order valence-corrected chi connectivity index (χ4v) is 2.10. The minimum Gasteiger partial charge on any atom is -0.366 e. The maximum atomic E-state index is 12.0. The summed E-state index contributed by atoms with van der Waals surface area (Å²) in [6, 6.07) is 6.62. The molecule has 0 aliphatic carbocycles. The van der Waals surface area contributed by atoms with Gasteiger partial charge in [0.1, 0.15) is 0 Å². The Morgan fingerprint density at radius 1 is 1.00 bits per heavy atom. The van der Waals surface area contributed by atoms with E-state index in [4.69, 9.17) is 5.73 Å². The van der Waals surface area contributed by atoms with Crippen LogP contribution in [-0.4, -0.2) is 18.4 Å². The van der Waals surface area contributed by atoms with Gasteiger partial charge in [-0.3, -0.25) is 9.59 Å². The van der Waals surface area contributed by atoms with Gasteiger partial charge in [-0.05, 0) is 18.6 Å². The molecular formula is C16H24N2O2. The standard InChI is InChI=1S/C16H24N2O2/c1-2-3-4-5-6-9-12-18-16(20)14-11-8-7-10-13(14)15(17)19/h7-8,10-11H,2-6,9,12H2,1H3,(H2,17,19)(H,18,20). The van der Waals surface area contributed by atoms with E-state index >= 15 is 0 Å². The third-order valence-corrected chi connectivity index (χ3v) is 3.25. The maximum Gasteiger partial charge on any atom is 0.252 e. The molecule has 0 aliphatic rings.